The molecule has 1 aliphatic rings. The van der Waals surface area contributed by atoms with Crippen molar-refractivity contribution in [1.29, 1.82) is 0 Å². The minimum Gasteiger partial charge on any atom is -0.465 e. The van der Waals surface area contributed by atoms with Gasteiger partial charge in [0, 0.05) is 48.5 Å². The fourth-order valence-corrected chi connectivity index (χ4v) is 5.85. The summed E-state index contributed by atoms with van der Waals surface area (Å²) >= 11 is 0. The van der Waals surface area contributed by atoms with Crippen LogP contribution in [-0.4, -0.2) is 55.5 Å². The molecule has 0 saturated carbocycles. The number of alkyl halides is 3. The van der Waals surface area contributed by atoms with Crippen LogP contribution < -0.4 is 0 Å². The lowest BCUT2D eigenvalue weighted by Crippen LogP contribution is -2.39. The van der Waals surface area contributed by atoms with Crippen LogP contribution in [0, 0.1) is 5.92 Å². The number of sulfone groups is 1. The lowest BCUT2D eigenvalue weighted by Gasteiger charge is -2.31. The SMILES string of the molecule is COC(=O)c1c(CN2CCC(=O)C(C)C2)c(-c2cccc(C(F)(F)F)c2)nc2ccc(S(=O)(=O)C(C)C)cc12. The number of rotatable bonds is 6. The van der Waals surface area contributed by atoms with Crippen LogP contribution in [0.5, 0.6) is 0 Å². The van der Waals surface area contributed by atoms with Gasteiger partial charge in [0.1, 0.15) is 5.78 Å². The zero-order valence-corrected chi connectivity index (χ0v) is 22.8. The Bertz CT molecular complexity index is 1550. The van der Waals surface area contributed by atoms with Crippen molar-refractivity contribution >= 4 is 32.5 Å². The molecule has 0 radical (unpaired) electrons. The molecule has 1 aliphatic heterocycles. The molecule has 2 aromatic carbocycles. The highest BCUT2D eigenvalue weighted by atomic mass is 32.2. The second kappa shape index (κ2) is 10.7. The van der Waals surface area contributed by atoms with Gasteiger partial charge in [-0.15, -0.1) is 0 Å². The maximum absolute atomic E-state index is 13.6. The van der Waals surface area contributed by atoms with E-state index in [0.717, 1.165) is 12.1 Å². The van der Waals surface area contributed by atoms with E-state index in [0.29, 0.717) is 25.1 Å². The van der Waals surface area contributed by atoms with Gasteiger partial charge in [-0.1, -0.05) is 19.1 Å². The summed E-state index contributed by atoms with van der Waals surface area (Å²) in [6.45, 7) is 5.76. The number of carbonyl (C=O) groups is 2. The number of hydrogen-bond donors (Lipinski definition) is 0. The molecule has 2 heterocycles. The minimum absolute atomic E-state index is 0.00749. The molecule has 1 aromatic heterocycles. The molecule has 4 rings (SSSR count). The summed E-state index contributed by atoms with van der Waals surface area (Å²) in [4.78, 5) is 32.0. The van der Waals surface area contributed by atoms with E-state index in [1.165, 1.54) is 37.4 Å². The number of likely N-dealkylation sites (tertiary alicyclic amines) is 1. The molecule has 1 saturated heterocycles. The summed E-state index contributed by atoms with van der Waals surface area (Å²) in [5, 5.41) is -0.504. The predicted octanol–water partition coefficient (Wildman–Crippen LogP) is 5.30. The van der Waals surface area contributed by atoms with E-state index in [4.69, 9.17) is 4.74 Å². The number of hydrogen-bond acceptors (Lipinski definition) is 7. The molecule has 1 unspecified atom stereocenters. The number of pyridine rings is 1. The van der Waals surface area contributed by atoms with Crippen molar-refractivity contribution in [3.8, 4) is 11.3 Å². The molecule has 0 bridgehead atoms. The number of Topliss-reactive ketones (excluding diaryl/α,β-unsaturated/α-hetero) is 1. The Balaban J connectivity index is 2.03. The summed E-state index contributed by atoms with van der Waals surface area (Å²) in [6, 6.07) is 8.86. The summed E-state index contributed by atoms with van der Waals surface area (Å²) < 4.78 is 71.7. The Hall–Kier alpha value is -3.31. The molecule has 11 heteroatoms. The molecule has 0 aliphatic carbocycles. The van der Waals surface area contributed by atoms with Crippen molar-refractivity contribution in [2.45, 2.75) is 50.1 Å². The van der Waals surface area contributed by atoms with E-state index in [1.54, 1.807) is 20.8 Å². The fourth-order valence-electron chi connectivity index (χ4n) is 4.76. The molecular formula is C28H29F3N2O5S. The molecule has 3 aromatic rings. The molecule has 0 amide bonds. The number of fused-ring (bicyclic) bond motifs is 1. The Kier molecular flexibility index (Phi) is 7.86. The quantitative estimate of drug-likeness (QED) is 0.377. The average molecular weight is 563 g/mol. The number of ketones is 1. The van der Waals surface area contributed by atoms with Gasteiger partial charge in [0.15, 0.2) is 9.84 Å². The van der Waals surface area contributed by atoms with Crippen LogP contribution in [0.1, 0.15) is 48.7 Å². The van der Waals surface area contributed by atoms with Crippen molar-refractivity contribution in [2.75, 3.05) is 20.2 Å². The Morgan fingerprint density at radius 2 is 1.90 bits per heavy atom. The molecule has 0 spiro atoms. The van der Waals surface area contributed by atoms with Gasteiger partial charge in [-0.05, 0) is 44.2 Å². The van der Waals surface area contributed by atoms with Crippen LogP contribution in [0.2, 0.25) is 0 Å². The summed E-state index contributed by atoms with van der Waals surface area (Å²) in [6.07, 6.45) is -4.30. The number of carbonyl (C=O) groups excluding carboxylic acids is 2. The molecule has 7 nitrogen and oxygen atoms in total. The second-order valence-corrected chi connectivity index (χ2v) is 12.5. The lowest BCUT2D eigenvalue weighted by molar-refractivity contribution is -0.137. The molecule has 208 valence electrons. The number of benzene rings is 2. The number of methoxy groups -OCH3 is 1. The number of piperidine rings is 1. The van der Waals surface area contributed by atoms with Crippen LogP contribution in [0.3, 0.4) is 0 Å². The molecule has 39 heavy (non-hydrogen) atoms. The lowest BCUT2D eigenvalue weighted by atomic mass is 9.93. The first-order chi connectivity index (χ1) is 18.2. The highest BCUT2D eigenvalue weighted by molar-refractivity contribution is 7.92. The van der Waals surface area contributed by atoms with Crippen molar-refractivity contribution in [3.63, 3.8) is 0 Å². The van der Waals surface area contributed by atoms with E-state index in [2.05, 4.69) is 4.98 Å². The third kappa shape index (κ3) is 5.69. The Morgan fingerprint density at radius 1 is 1.18 bits per heavy atom. The normalized spacial score (nSPS) is 17.1. The third-order valence-corrected chi connectivity index (χ3v) is 9.15. The highest BCUT2D eigenvalue weighted by Crippen LogP contribution is 2.37. The summed E-state index contributed by atoms with van der Waals surface area (Å²) in [5.41, 5.74) is -0.0148. The van der Waals surface area contributed by atoms with Gasteiger partial charge in [-0.25, -0.2) is 18.2 Å². The third-order valence-electron chi connectivity index (χ3n) is 7.00. The number of aromatic nitrogens is 1. The zero-order chi connectivity index (χ0) is 28.7. The van der Waals surface area contributed by atoms with E-state index in [9.17, 15) is 31.2 Å². The maximum Gasteiger partial charge on any atom is 0.416 e. The van der Waals surface area contributed by atoms with Crippen LogP contribution in [0.15, 0.2) is 47.4 Å². The first kappa shape index (κ1) is 28.7. The monoisotopic (exact) mass is 562 g/mol. The van der Waals surface area contributed by atoms with E-state index >= 15 is 0 Å². The van der Waals surface area contributed by atoms with Crippen LogP contribution in [0.25, 0.3) is 22.2 Å². The highest BCUT2D eigenvalue weighted by Gasteiger charge is 2.32. The molecule has 1 atom stereocenters. The van der Waals surface area contributed by atoms with Crippen LogP contribution >= 0.6 is 0 Å². The predicted molar refractivity (Wildman–Crippen MR) is 140 cm³/mol. The second-order valence-electron chi connectivity index (χ2n) is 10.0. The van der Waals surface area contributed by atoms with Crippen molar-refractivity contribution in [1.82, 2.24) is 9.88 Å². The summed E-state index contributed by atoms with van der Waals surface area (Å²) in [7, 11) is -2.53. The van der Waals surface area contributed by atoms with Crippen molar-refractivity contribution in [2.24, 2.45) is 5.92 Å². The smallest absolute Gasteiger partial charge is 0.416 e. The Labute approximate surface area is 224 Å². The molecule has 1 fully saturated rings. The molecule has 0 N–H and O–H groups in total. The van der Waals surface area contributed by atoms with E-state index < -0.39 is 32.8 Å². The van der Waals surface area contributed by atoms with Gasteiger partial charge in [-0.3, -0.25) is 9.69 Å². The zero-order valence-electron chi connectivity index (χ0n) is 22.0. The van der Waals surface area contributed by atoms with Gasteiger partial charge in [0.2, 0.25) is 0 Å². The first-order valence-electron chi connectivity index (χ1n) is 12.5. The van der Waals surface area contributed by atoms with Gasteiger partial charge in [-0.2, -0.15) is 13.2 Å². The largest absolute Gasteiger partial charge is 0.465 e. The minimum atomic E-state index is -4.60. The van der Waals surface area contributed by atoms with E-state index in [-0.39, 0.29) is 50.9 Å². The molecular weight excluding hydrogens is 533 g/mol. The van der Waals surface area contributed by atoms with Gasteiger partial charge >= 0.3 is 12.1 Å². The summed E-state index contributed by atoms with van der Waals surface area (Å²) in [5.74, 6) is -0.919. The Morgan fingerprint density at radius 3 is 2.51 bits per heavy atom. The van der Waals surface area contributed by atoms with Gasteiger partial charge in [0.25, 0.3) is 0 Å². The number of esters is 1. The van der Waals surface area contributed by atoms with Crippen molar-refractivity contribution in [3.05, 3.63) is 59.2 Å². The number of nitrogens with zero attached hydrogens (tertiary/aromatic N) is 2. The standard InChI is InChI=1S/C28H29F3N2O5S/c1-16(2)39(36,37)20-8-9-23-21(13-20)25(27(35)38-4)22(15-33-11-10-24(34)17(3)14-33)26(32-23)18-6-5-7-19(12-18)28(29,30)31/h5-9,12-13,16-17H,10-11,14-15H2,1-4H3. The number of ether oxygens (including phenoxy) is 1. The van der Waals surface area contributed by atoms with Gasteiger partial charge < -0.3 is 4.74 Å². The fraction of sp³-hybridized carbons (Fsp3) is 0.393. The van der Waals surface area contributed by atoms with Crippen LogP contribution in [0.4, 0.5) is 13.2 Å². The number of halogens is 3. The average Bonchev–Trinajstić information content (AvgIpc) is 2.89. The van der Waals surface area contributed by atoms with Gasteiger partial charge in [0.05, 0.1) is 39.6 Å². The van der Waals surface area contributed by atoms with E-state index in [1.807, 2.05) is 4.90 Å². The topological polar surface area (TPSA) is 93.6 Å². The first-order valence-corrected chi connectivity index (χ1v) is 14.0. The van der Waals surface area contributed by atoms with Crippen LogP contribution in [-0.2, 0) is 32.1 Å². The maximum atomic E-state index is 13.6. The van der Waals surface area contributed by atoms with Crippen molar-refractivity contribution < 1.29 is 35.9 Å².